The van der Waals surface area contributed by atoms with E-state index >= 15 is 0 Å². The maximum Gasteiger partial charge on any atom is 0.263 e. The summed E-state index contributed by atoms with van der Waals surface area (Å²) in [5.41, 5.74) is 1.90. The van der Waals surface area contributed by atoms with Crippen molar-refractivity contribution in [3.63, 3.8) is 0 Å². The van der Waals surface area contributed by atoms with Crippen LogP contribution in [-0.4, -0.2) is 24.6 Å². The predicted molar refractivity (Wildman–Crippen MR) is 80.8 cm³/mol. The van der Waals surface area contributed by atoms with E-state index in [1.54, 1.807) is 19.2 Å². The number of aromatic nitrogens is 1. The van der Waals surface area contributed by atoms with E-state index in [4.69, 9.17) is 9.47 Å². The molecule has 0 saturated heterocycles. The van der Waals surface area contributed by atoms with E-state index in [-0.39, 0.29) is 12.5 Å². The van der Waals surface area contributed by atoms with Gasteiger partial charge in [-0.3, -0.25) is 4.79 Å². The maximum absolute atomic E-state index is 11.8. The van der Waals surface area contributed by atoms with Crippen molar-refractivity contribution in [1.29, 1.82) is 0 Å². The first-order valence-electron chi connectivity index (χ1n) is 6.59. The van der Waals surface area contributed by atoms with Gasteiger partial charge < -0.3 is 14.8 Å². The van der Waals surface area contributed by atoms with E-state index in [0.29, 0.717) is 17.3 Å². The molecule has 5 nitrogen and oxygen atoms in total. The number of hydrogen-bond acceptors (Lipinski definition) is 4. The molecule has 0 radical (unpaired) electrons. The monoisotopic (exact) mass is 286 g/mol. The van der Waals surface area contributed by atoms with Crippen LogP contribution >= 0.6 is 0 Å². The van der Waals surface area contributed by atoms with E-state index in [0.717, 1.165) is 11.3 Å². The third-order valence-electron chi connectivity index (χ3n) is 2.83. The summed E-state index contributed by atoms with van der Waals surface area (Å²) in [4.78, 5) is 16.0. The Morgan fingerprint density at radius 3 is 2.71 bits per heavy atom. The normalized spacial score (nSPS) is 10.0. The summed E-state index contributed by atoms with van der Waals surface area (Å²) in [6.45, 7) is 3.72. The first kappa shape index (κ1) is 14.8. The van der Waals surface area contributed by atoms with Crippen molar-refractivity contribution < 1.29 is 14.3 Å². The molecule has 1 aromatic heterocycles. The van der Waals surface area contributed by atoms with Crippen LogP contribution in [0.15, 0.2) is 36.4 Å². The van der Waals surface area contributed by atoms with Crippen molar-refractivity contribution >= 4 is 11.7 Å². The molecule has 1 aromatic carbocycles. The van der Waals surface area contributed by atoms with Crippen LogP contribution in [0.1, 0.15) is 11.3 Å². The minimum absolute atomic E-state index is 0.102. The zero-order valence-electron chi connectivity index (χ0n) is 12.3. The molecule has 1 heterocycles. The molecule has 0 spiro atoms. The number of anilines is 1. The van der Waals surface area contributed by atoms with Crippen LogP contribution in [0.25, 0.3) is 0 Å². The number of methoxy groups -OCH3 is 1. The van der Waals surface area contributed by atoms with Crippen LogP contribution in [0.5, 0.6) is 11.5 Å². The SMILES string of the molecule is COc1cc(C)ccc1OCC(=O)Nc1cccc(C)n1. The molecule has 5 heteroatoms. The number of carbonyl (C=O) groups excluding carboxylic acids is 1. The molecule has 21 heavy (non-hydrogen) atoms. The molecule has 2 rings (SSSR count). The van der Waals surface area contributed by atoms with Crippen molar-refractivity contribution in [1.82, 2.24) is 4.98 Å². The Bertz CT molecular complexity index is 641. The molecule has 0 fully saturated rings. The number of nitrogens with zero attached hydrogens (tertiary/aromatic N) is 1. The molecule has 110 valence electrons. The molecule has 0 bridgehead atoms. The van der Waals surface area contributed by atoms with E-state index in [1.807, 2.05) is 38.1 Å². The van der Waals surface area contributed by atoms with Crippen molar-refractivity contribution in [2.45, 2.75) is 13.8 Å². The fourth-order valence-corrected chi connectivity index (χ4v) is 1.83. The summed E-state index contributed by atoms with van der Waals surface area (Å²) >= 11 is 0. The Labute approximate surface area is 123 Å². The van der Waals surface area contributed by atoms with Gasteiger partial charge in [0.2, 0.25) is 0 Å². The maximum atomic E-state index is 11.8. The highest BCUT2D eigenvalue weighted by atomic mass is 16.5. The number of aryl methyl sites for hydroxylation is 2. The van der Waals surface area contributed by atoms with Gasteiger partial charge >= 0.3 is 0 Å². The lowest BCUT2D eigenvalue weighted by atomic mass is 10.2. The molecule has 2 aromatic rings. The van der Waals surface area contributed by atoms with Crippen LogP contribution in [0.2, 0.25) is 0 Å². The highest BCUT2D eigenvalue weighted by Gasteiger charge is 2.08. The van der Waals surface area contributed by atoms with Crippen LogP contribution < -0.4 is 14.8 Å². The van der Waals surface area contributed by atoms with Gasteiger partial charge in [-0.05, 0) is 43.7 Å². The zero-order chi connectivity index (χ0) is 15.2. The van der Waals surface area contributed by atoms with Gasteiger partial charge in [-0.25, -0.2) is 4.98 Å². The minimum atomic E-state index is -0.268. The summed E-state index contributed by atoms with van der Waals surface area (Å²) in [6.07, 6.45) is 0. The third-order valence-corrected chi connectivity index (χ3v) is 2.83. The Kier molecular flexibility index (Phi) is 4.77. The first-order chi connectivity index (χ1) is 10.1. The topological polar surface area (TPSA) is 60.5 Å². The lowest BCUT2D eigenvalue weighted by Crippen LogP contribution is -2.21. The van der Waals surface area contributed by atoms with Crippen LogP contribution in [0.4, 0.5) is 5.82 Å². The standard InChI is InChI=1S/C16H18N2O3/c1-11-7-8-13(14(9-11)20-3)21-10-16(19)18-15-6-4-5-12(2)17-15/h4-9H,10H2,1-3H3,(H,17,18,19). The molecule has 0 aliphatic heterocycles. The van der Waals surface area contributed by atoms with Crippen molar-refractivity contribution in [2.24, 2.45) is 0 Å². The highest BCUT2D eigenvalue weighted by molar-refractivity contribution is 5.90. The molecule has 0 atom stereocenters. The smallest absolute Gasteiger partial charge is 0.263 e. The van der Waals surface area contributed by atoms with Gasteiger partial charge in [0.15, 0.2) is 18.1 Å². The third kappa shape index (κ3) is 4.21. The highest BCUT2D eigenvalue weighted by Crippen LogP contribution is 2.27. The van der Waals surface area contributed by atoms with Gasteiger partial charge in [0.05, 0.1) is 7.11 Å². The summed E-state index contributed by atoms with van der Waals surface area (Å²) in [7, 11) is 1.57. The lowest BCUT2D eigenvalue weighted by Gasteiger charge is -2.11. The quantitative estimate of drug-likeness (QED) is 0.918. The van der Waals surface area contributed by atoms with E-state index < -0.39 is 0 Å². The molecular formula is C16H18N2O3. The molecule has 1 amide bonds. The Balaban J connectivity index is 1.95. The molecular weight excluding hydrogens is 268 g/mol. The summed E-state index contributed by atoms with van der Waals surface area (Å²) in [5, 5.41) is 2.69. The summed E-state index contributed by atoms with van der Waals surface area (Å²) < 4.78 is 10.7. The molecule has 1 N–H and O–H groups in total. The van der Waals surface area contributed by atoms with E-state index in [1.165, 1.54) is 0 Å². The number of ether oxygens (including phenoxy) is 2. The van der Waals surface area contributed by atoms with Gasteiger partial charge in [-0.2, -0.15) is 0 Å². The predicted octanol–water partition coefficient (Wildman–Crippen LogP) is 2.72. The van der Waals surface area contributed by atoms with Gasteiger partial charge in [0, 0.05) is 5.69 Å². The summed E-state index contributed by atoms with van der Waals surface area (Å²) in [6, 6.07) is 11.0. The van der Waals surface area contributed by atoms with Crippen molar-refractivity contribution in [2.75, 3.05) is 19.0 Å². The van der Waals surface area contributed by atoms with Gasteiger partial charge in [0.1, 0.15) is 5.82 Å². The lowest BCUT2D eigenvalue weighted by molar-refractivity contribution is -0.118. The van der Waals surface area contributed by atoms with Crippen LogP contribution in [0.3, 0.4) is 0 Å². The first-order valence-corrected chi connectivity index (χ1v) is 6.59. The average Bonchev–Trinajstić information content (AvgIpc) is 2.45. The van der Waals surface area contributed by atoms with Crippen LogP contribution in [0, 0.1) is 13.8 Å². The number of nitrogens with one attached hydrogen (secondary N) is 1. The number of rotatable bonds is 5. The number of amides is 1. The van der Waals surface area contributed by atoms with Crippen molar-refractivity contribution in [3.05, 3.63) is 47.7 Å². The number of carbonyl (C=O) groups is 1. The Morgan fingerprint density at radius 1 is 1.19 bits per heavy atom. The minimum Gasteiger partial charge on any atom is -0.493 e. The molecule has 0 aliphatic rings. The fraction of sp³-hybridized carbons (Fsp3) is 0.250. The number of pyridine rings is 1. The second-order valence-electron chi connectivity index (χ2n) is 4.66. The average molecular weight is 286 g/mol. The van der Waals surface area contributed by atoms with Crippen molar-refractivity contribution in [3.8, 4) is 11.5 Å². The van der Waals surface area contributed by atoms with E-state index in [2.05, 4.69) is 10.3 Å². The van der Waals surface area contributed by atoms with Gasteiger partial charge in [-0.15, -0.1) is 0 Å². The second kappa shape index (κ2) is 6.74. The molecule has 0 saturated carbocycles. The summed E-state index contributed by atoms with van der Waals surface area (Å²) in [5.74, 6) is 1.39. The zero-order valence-corrected chi connectivity index (χ0v) is 12.3. The number of hydrogen-bond donors (Lipinski definition) is 1. The second-order valence-corrected chi connectivity index (χ2v) is 4.66. The van der Waals surface area contributed by atoms with Gasteiger partial charge in [-0.1, -0.05) is 12.1 Å². The molecule has 0 unspecified atom stereocenters. The molecule has 0 aliphatic carbocycles. The fourth-order valence-electron chi connectivity index (χ4n) is 1.83. The van der Waals surface area contributed by atoms with Gasteiger partial charge in [0.25, 0.3) is 5.91 Å². The Hall–Kier alpha value is -2.56. The largest absolute Gasteiger partial charge is 0.493 e. The van der Waals surface area contributed by atoms with E-state index in [9.17, 15) is 4.79 Å². The number of benzene rings is 1. The van der Waals surface area contributed by atoms with Crippen LogP contribution in [-0.2, 0) is 4.79 Å². The Morgan fingerprint density at radius 2 is 2.00 bits per heavy atom.